The Morgan fingerprint density at radius 2 is 2.03 bits per heavy atom. The van der Waals surface area contributed by atoms with Gasteiger partial charge in [0.1, 0.15) is 17.1 Å². The molecular formula is C23H22ClFN4O2S. The summed E-state index contributed by atoms with van der Waals surface area (Å²) in [6.07, 6.45) is 8.95. The van der Waals surface area contributed by atoms with Crippen molar-refractivity contribution in [3.63, 3.8) is 0 Å². The molecule has 166 valence electrons. The third kappa shape index (κ3) is 2.40. The summed E-state index contributed by atoms with van der Waals surface area (Å²) in [4.78, 5) is 23.3. The number of hydrogen-bond acceptors (Lipinski definition) is 5. The third-order valence-corrected chi connectivity index (χ3v) is 9.10. The minimum absolute atomic E-state index is 0.0303. The molecule has 0 aromatic carbocycles. The molecule has 2 saturated heterocycles. The Morgan fingerprint density at radius 1 is 1.22 bits per heavy atom. The Labute approximate surface area is 193 Å². The highest BCUT2D eigenvalue weighted by Crippen LogP contribution is 2.59. The molecule has 3 aromatic rings. The lowest BCUT2D eigenvalue weighted by atomic mass is 9.78. The SMILES string of the molecule is CSc1nc2c(F)c(Cl)ncc2c2c1cc(C1CC[C@H]3COC(=O)N13)n2C1[C@@H]2CC[C@H]1C2. The molecule has 3 saturated carbocycles. The molecule has 2 unspecified atom stereocenters. The first kappa shape index (κ1) is 19.4. The van der Waals surface area contributed by atoms with Gasteiger partial charge >= 0.3 is 6.09 Å². The maximum Gasteiger partial charge on any atom is 0.410 e. The molecule has 32 heavy (non-hydrogen) atoms. The zero-order valence-corrected chi connectivity index (χ0v) is 19.1. The summed E-state index contributed by atoms with van der Waals surface area (Å²) in [6.45, 7) is 0.471. The normalized spacial score (nSPS) is 30.9. The first-order valence-corrected chi connectivity index (χ1v) is 12.8. The minimum atomic E-state index is -0.573. The molecule has 3 aromatic heterocycles. The van der Waals surface area contributed by atoms with Crippen molar-refractivity contribution >= 4 is 51.3 Å². The molecule has 5 heterocycles. The van der Waals surface area contributed by atoms with Crippen molar-refractivity contribution in [3.05, 3.63) is 28.9 Å². The first-order valence-electron chi connectivity index (χ1n) is 11.2. The van der Waals surface area contributed by atoms with Crippen LogP contribution in [0.4, 0.5) is 9.18 Å². The molecular weight excluding hydrogens is 451 g/mol. The Morgan fingerprint density at radius 3 is 2.78 bits per heavy atom. The van der Waals surface area contributed by atoms with E-state index in [1.54, 1.807) is 6.20 Å². The number of thioether (sulfide) groups is 1. The standard InChI is InChI=1S/C23H22ClFN4O2S/c1-32-22-13-7-16(15-5-4-12-9-31-23(30)28(12)15)29(19-10-2-3-11(19)6-10)20(13)14-8-26-21(24)17(25)18(14)27-22/h7-8,10-12,15,19H,2-6,9H2,1H3/t10-,11+,12-,15?,19?/m0/s1. The Balaban J connectivity index is 1.55. The van der Waals surface area contributed by atoms with E-state index in [1.165, 1.54) is 31.0 Å². The van der Waals surface area contributed by atoms with Crippen molar-refractivity contribution in [2.75, 3.05) is 12.9 Å². The smallest absolute Gasteiger partial charge is 0.410 e. The van der Waals surface area contributed by atoms with Crippen LogP contribution in [0.3, 0.4) is 0 Å². The van der Waals surface area contributed by atoms with E-state index in [4.69, 9.17) is 16.3 Å². The van der Waals surface area contributed by atoms with Crippen LogP contribution in [0.2, 0.25) is 5.15 Å². The molecule has 5 aliphatic rings. The summed E-state index contributed by atoms with van der Waals surface area (Å²) < 4.78 is 22.8. The quantitative estimate of drug-likeness (QED) is 0.360. The van der Waals surface area contributed by atoms with Crippen molar-refractivity contribution in [2.24, 2.45) is 11.8 Å². The molecule has 1 amide bonds. The largest absolute Gasteiger partial charge is 0.447 e. The van der Waals surface area contributed by atoms with Crippen molar-refractivity contribution < 1.29 is 13.9 Å². The molecule has 0 N–H and O–H groups in total. The summed E-state index contributed by atoms with van der Waals surface area (Å²) in [5.74, 6) is 0.683. The van der Waals surface area contributed by atoms with Crippen LogP contribution in [0.15, 0.2) is 17.3 Å². The molecule has 0 radical (unpaired) electrons. The van der Waals surface area contributed by atoms with Gasteiger partial charge in [0.25, 0.3) is 0 Å². The number of cyclic esters (lactones) is 1. The van der Waals surface area contributed by atoms with E-state index in [9.17, 15) is 4.79 Å². The average Bonchev–Trinajstić information content (AvgIpc) is 3.58. The number of hydrogen-bond donors (Lipinski definition) is 0. The van der Waals surface area contributed by atoms with Crippen molar-refractivity contribution in [3.8, 4) is 0 Å². The molecule has 2 bridgehead atoms. The van der Waals surface area contributed by atoms with Gasteiger partial charge in [0.15, 0.2) is 11.0 Å². The lowest BCUT2D eigenvalue weighted by molar-refractivity contribution is 0.140. The lowest BCUT2D eigenvalue weighted by Crippen LogP contribution is -2.35. The number of pyridine rings is 2. The Bertz CT molecular complexity index is 1300. The van der Waals surface area contributed by atoms with Gasteiger partial charge in [-0.2, -0.15) is 0 Å². The van der Waals surface area contributed by atoms with Gasteiger partial charge in [0.2, 0.25) is 0 Å². The monoisotopic (exact) mass is 472 g/mol. The van der Waals surface area contributed by atoms with E-state index in [0.29, 0.717) is 29.9 Å². The maximum absolute atomic E-state index is 15.0. The van der Waals surface area contributed by atoms with Crippen LogP contribution in [0.1, 0.15) is 49.9 Å². The molecule has 0 spiro atoms. The number of aromatic nitrogens is 3. The Kier molecular flexibility index (Phi) is 4.08. The topological polar surface area (TPSA) is 60.3 Å². The fourth-order valence-electron chi connectivity index (χ4n) is 6.75. The zero-order valence-electron chi connectivity index (χ0n) is 17.6. The van der Waals surface area contributed by atoms with Gasteiger partial charge in [-0.25, -0.2) is 19.2 Å². The molecule has 9 heteroatoms. The van der Waals surface area contributed by atoms with Gasteiger partial charge in [-0.1, -0.05) is 11.6 Å². The molecule has 6 nitrogen and oxygen atoms in total. The van der Waals surface area contributed by atoms with Gasteiger partial charge in [-0.05, 0) is 56.3 Å². The van der Waals surface area contributed by atoms with Gasteiger partial charge in [0, 0.05) is 28.7 Å². The van der Waals surface area contributed by atoms with E-state index in [2.05, 4.69) is 20.6 Å². The van der Waals surface area contributed by atoms with Crippen LogP contribution >= 0.6 is 23.4 Å². The fourth-order valence-corrected chi connectivity index (χ4v) is 7.45. The second-order valence-corrected chi connectivity index (χ2v) is 10.7. The number of ether oxygens (including phenoxy) is 1. The molecule has 3 aliphatic carbocycles. The number of rotatable bonds is 3. The summed E-state index contributed by atoms with van der Waals surface area (Å²) in [6, 6.07) is 2.68. The third-order valence-electron chi connectivity index (χ3n) is 8.14. The van der Waals surface area contributed by atoms with Crippen molar-refractivity contribution in [1.82, 2.24) is 19.4 Å². The zero-order chi connectivity index (χ0) is 21.7. The summed E-state index contributed by atoms with van der Waals surface area (Å²) in [5, 5.41) is 2.32. The molecule has 5 fully saturated rings. The number of carbonyl (C=O) groups is 1. The van der Waals surface area contributed by atoms with Gasteiger partial charge in [0.05, 0.1) is 17.6 Å². The van der Waals surface area contributed by atoms with E-state index < -0.39 is 5.82 Å². The first-order chi connectivity index (χ1) is 15.6. The van der Waals surface area contributed by atoms with E-state index in [0.717, 1.165) is 34.5 Å². The maximum atomic E-state index is 15.0. The second-order valence-electron chi connectivity index (χ2n) is 9.50. The van der Waals surface area contributed by atoms with Crippen molar-refractivity contribution in [1.29, 1.82) is 0 Å². The average molecular weight is 473 g/mol. The predicted molar refractivity (Wildman–Crippen MR) is 121 cm³/mol. The number of nitrogens with zero attached hydrogens (tertiary/aromatic N) is 4. The molecule has 2 aliphatic heterocycles. The van der Waals surface area contributed by atoms with Crippen LogP contribution < -0.4 is 0 Å². The number of fused-ring (bicyclic) bond motifs is 5. The molecule has 5 atom stereocenters. The van der Waals surface area contributed by atoms with E-state index in [-0.39, 0.29) is 28.8 Å². The predicted octanol–water partition coefficient (Wildman–Crippen LogP) is 5.73. The van der Waals surface area contributed by atoms with Crippen LogP contribution in [-0.4, -0.2) is 44.4 Å². The highest BCUT2D eigenvalue weighted by Gasteiger charge is 2.51. The van der Waals surface area contributed by atoms with E-state index >= 15 is 4.39 Å². The summed E-state index contributed by atoms with van der Waals surface area (Å²) in [5.41, 5.74) is 2.38. The summed E-state index contributed by atoms with van der Waals surface area (Å²) in [7, 11) is 0. The fraction of sp³-hybridized carbons (Fsp3) is 0.522. The second kappa shape index (κ2) is 6.73. The highest BCUT2D eigenvalue weighted by molar-refractivity contribution is 7.98. The minimum Gasteiger partial charge on any atom is -0.447 e. The van der Waals surface area contributed by atoms with E-state index in [1.807, 2.05) is 11.2 Å². The van der Waals surface area contributed by atoms with Crippen LogP contribution in [-0.2, 0) is 4.74 Å². The highest BCUT2D eigenvalue weighted by atomic mass is 35.5. The Hall–Kier alpha value is -2.06. The van der Waals surface area contributed by atoms with Gasteiger partial charge in [-0.15, -0.1) is 11.8 Å². The number of amides is 1. The van der Waals surface area contributed by atoms with Crippen molar-refractivity contribution in [2.45, 2.75) is 55.3 Å². The van der Waals surface area contributed by atoms with Crippen LogP contribution in [0, 0.1) is 17.7 Å². The van der Waals surface area contributed by atoms with Gasteiger partial charge < -0.3 is 9.30 Å². The van der Waals surface area contributed by atoms with Gasteiger partial charge in [-0.3, -0.25) is 4.90 Å². The summed E-state index contributed by atoms with van der Waals surface area (Å²) >= 11 is 7.53. The number of carbonyl (C=O) groups excluding carboxylic acids is 1. The molecule has 8 rings (SSSR count). The number of halogens is 2. The van der Waals surface area contributed by atoms with Crippen LogP contribution in [0.5, 0.6) is 0 Å². The van der Waals surface area contributed by atoms with Crippen LogP contribution in [0.25, 0.3) is 21.8 Å². The lowest BCUT2D eigenvalue weighted by Gasteiger charge is -2.40.